The third kappa shape index (κ3) is 4.98. The van der Waals surface area contributed by atoms with Crippen LogP contribution in [0.2, 0.25) is 0 Å². The van der Waals surface area contributed by atoms with Gasteiger partial charge in [0.15, 0.2) is 0 Å². The average molecular weight is 442 g/mol. The number of aromatic nitrogens is 1. The second-order valence-corrected chi connectivity index (χ2v) is 9.26. The van der Waals surface area contributed by atoms with Crippen LogP contribution in [-0.4, -0.2) is 53.8 Å². The Kier molecular flexibility index (Phi) is 6.59. The molecule has 5 nitrogen and oxygen atoms in total. The quantitative estimate of drug-likeness (QED) is 0.581. The molecule has 0 N–H and O–H groups in total. The maximum atomic E-state index is 13.3. The zero-order chi connectivity index (χ0) is 23.4. The fourth-order valence-electron chi connectivity index (χ4n) is 4.78. The summed E-state index contributed by atoms with van der Waals surface area (Å²) >= 11 is 0. The van der Waals surface area contributed by atoms with Gasteiger partial charge < -0.3 is 9.80 Å². The van der Waals surface area contributed by atoms with Crippen molar-refractivity contribution in [2.24, 2.45) is 5.41 Å². The van der Waals surface area contributed by atoms with Gasteiger partial charge >= 0.3 is 0 Å². The second kappa shape index (κ2) is 9.57. The maximum absolute atomic E-state index is 13.3. The molecule has 0 saturated carbocycles. The van der Waals surface area contributed by atoms with E-state index in [2.05, 4.69) is 60.4 Å². The van der Waals surface area contributed by atoms with E-state index >= 15 is 0 Å². The minimum atomic E-state index is -0.500. The molecule has 2 heterocycles. The first kappa shape index (κ1) is 22.7. The van der Waals surface area contributed by atoms with Crippen LogP contribution in [0.25, 0.3) is 11.1 Å². The van der Waals surface area contributed by atoms with Crippen LogP contribution in [-0.2, 0) is 11.2 Å². The summed E-state index contributed by atoms with van der Waals surface area (Å²) in [5.41, 5.74) is 4.85. The van der Waals surface area contributed by atoms with Crippen LogP contribution in [0, 0.1) is 12.3 Å². The second-order valence-electron chi connectivity index (χ2n) is 9.26. The van der Waals surface area contributed by atoms with Crippen molar-refractivity contribution in [1.29, 1.82) is 0 Å². The molecule has 1 saturated heterocycles. The number of carbonyl (C=O) groups is 2. The van der Waals surface area contributed by atoms with Gasteiger partial charge in [0, 0.05) is 39.6 Å². The summed E-state index contributed by atoms with van der Waals surface area (Å²) in [5, 5.41) is 0. The number of amides is 2. The Bertz CT molecular complexity index is 1120. The summed E-state index contributed by atoms with van der Waals surface area (Å²) in [4.78, 5) is 33.8. The van der Waals surface area contributed by atoms with Gasteiger partial charge in [-0.1, -0.05) is 54.1 Å². The minimum Gasteiger partial charge on any atom is -0.348 e. The Hall–Kier alpha value is -3.47. The van der Waals surface area contributed by atoms with Gasteiger partial charge in [-0.2, -0.15) is 0 Å². The van der Waals surface area contributed by atoms with Crippen LogP contribution in [0.5, 0.6) is 0 Å². The summed E-state index contributed by atoms with van der Waals surface area (Å²) in [6, 6.07) is 20.6. The SMILES string of the molecule is Cc1cccc(-c2ccc(CC3(C(=O)N(C)C)CCN(C(=O)c4cccnc4)CC3)cc2)c1. The number of rotatable bonds is 5. The molecule has 0 unspecified atom stereocenters. The molecule has 0 atom stereocenters. The zero-order valence-electron chi connectivity index (χ0n) is 19.6. The van der Waals surface area contributed by atoms with E-state index in [0.29, 0.717) is 37.9 Å². The summed E-state index contributed by atoms with van der Waals surface area (Å²) in [7, 11) is 3.64. The standard InChI is InChI=1S/C28H31N3O2/c1-21-6-4-7-24(18-21)23-11-9-22(10-12-23)19-28(27(33)30(2)3)13-16-31(17-14-28)26(32)25-8-5-15-29-20-25/h4-12,15,18,20H,13-14,16-17,19H2,1-3H3. The lowest BCUT2D eigenvalue weighted by Crippen LogP contribution is -2.51. The van der Waals surface area contributed by atoms with Crippen LogP contribution < -0.4 is 0 Å². The fraction of sp³-hybridized carbons (Fsp3) is 0.321. The van der Waals surface area contributed by atoms with Gasteiger partial charge in [0.25, 0.3) is 5.91 Å². The molecule has 3 aromatic rings. The van der Waals surface area contributed by atoms with Crippen molar-refractivity contribution in [2.45, 2.75) is 26.2 Å². The predicted molar refractivity (Wildman–Crippen MR) is 131 cm³/mol. The lowest BCUT2D eigenvalue weighted by Gasteiger charge is -2.42. The smallest absolute Gasteiger partial charge is 0.255 e. The van der Waals surface area contributed by atoms with Gasteiger partial charge in [0.1, 0.15) is 0 Å². The van der Waals surface area contributed by atoms with Crippen LogP contribution >= 0.6 is 0 Å². The largest absolute Gasteiger partial charge is 0.348 e. The van der Waals surface area contributed by atoms with E-state index in [1.807, 2.05) is 19.0 Å². The number of nitrogens with zero attached hydrogens (tertiary/aromatic N) is 3. The molecule has 0 bridgehead atoms. The number of aryl methyl sites for hydroxylation is 1. The predicted octanol–water partition coefficient (Wildman–Crippen LogP) is 4.61. The van der Waals surface area contributed by atoms with Crippen molar-refractivity contribution in [1.82, 2.24) is 14.8 Å². The first-order valence-electron chi connectivity index (χ1n) is 11.4. The highest BCUT2D eigenvalue weighted by Gasteiger charge is 2.43. The molecule has 0 aliphatic carbocycles. The highest BCUT2D eigenvalue weighted by molar-refractivity contribution is 5.94. The normalized spacial score (nSPS) is 15.2. The fourth-order valence-corrected chi connectivity index (χ4v) is 4.78. The average Bonchev–Trinajstić information content (AvgIpc) is 2.84. The molecule has 4 rings (SSSR count). The van der Waals surface area contributed by atoms with Crippen LogP contribution in [0.1, 0.15) is 34.3 Å². The molecule has 2 amide bonds. The highest BCUT2D eigenvalue weighted by Crippen LogP contribution is 2.37. The maximum Gasteiger partial charge on any atom is 0.255 e. The lowest BCUT2D eigenvalue weighted by atomic mass is 9.72. The van der Waals surface area contributed by atoms with Crippen molar-refractivity contribution in [2.75, 3.05) is 27.2 Å². The number of piperidine rings is 1. The highest BCUT2D eigenvalue weighted by atomic mass is 16.2. The third-order valence-electron chi connectivity index (χ3n) is 6.62. The van der Waals surface area contributed by atoms with E-state index in [9.17, 15) is 9.59 Å². The van der Waals surface area contributed by atoms with E-state index < -0.39 is 5.41 Å². The van der Waals surface area contributed by atoms with Crippen molar-refractivity contribution in [3.05, 3.63) is 89.7 Å². The number of pyridine rings is 1. The molecule has 33 heavy (non-hydrogen) atoms. The first-order chi connectivity index (χ1) is 15.9. The molecular weight excluding hydrogens is 410 g/mol. The molecule has 5 heteroatoms. The Morgan fingerprint density at radius 1 is 0.970 bits per heavy atom. The van der Waals surface area contributed by atoms with Crippen LogP contribution in [0.15, 0.2) is 73.1 Å². The monoisotopic (exact) mass is 441 g/mol. The molecule has 2 aromatic carbocycles. The molecule has 1 fully saturated rings. The van der Waals surface area contributed by atoms with Crippen LogP contribution in [0.3, 0.4) is 0 Å². The number of benzene rings is 2. The Morgan fingerprint density at radius 3 is 2.30 bits per heavy atom. The molecule has 1 aliphatic rings. The summed E-state index contributed by atoms with van der Waals surface area (Å²) in [5.74, 6) is 0.121. The van der Waals surface area contributed by atoms with Gasteiger partial charge in [0.2, 0.25) is 5.91 Å². The molecule has 0 radical (unpaired) electrons. The van der Waals surface area contributed by atoms with Gasteiger partial charge in [0.05, 0.1) is 11.0 Å². The first-order valence-corrected chi connectivity index (χ1v) is 11.4. The van der Waals surface area contributed by atoms with Gasteiger partial charge in [-0.3, -0.25) is 14.6 Å². The van der Waals surface area contributed by atoms with E-state index in [-0.39, 0.29) is 11.8 Å². The topological polar surface area (TPSA) is 53.5 Å². The Morgan fingerprint density at radius 2 is 1.70 bits per heavy atom. The molecule has 170 valence electrons. The van der Waals surface area contributed by atoms with Crippen molar-refractivity contribution in [3.8, 4) is 11.1 Å². The number of hydrogen-bond acceptors (Lipinski definition) is 3. The molecule has 1 aliphatic heterocycles. The Labute approximate surface area is 196 Å². The zero-order valence-corrected chi connectivity index (χ0v) is 19.6. The summed E-state index contributed by atoms with van der Waals surface area (Å²) < 4.78 is 0. The van der Waals surface area contributed by atoms with Gasteiger partial charge in [-0.25, -0.2) is 0 Å². The van der Waals surface area contributed by atoms with E-state index in [0.717, 1.165) is 5.56 Å². The lowest BCUT2D eigenvalue weighted by molar-refractivity contribution is -0.142. The van der Waals surface area contributed by atoms with Crippen molar-refractivity contribution < 1.29 is 9.59 Å². The van der Waals surface area contributed by atoms with Crippen LogP contribution in [0.4, 0.5) is 0 Å². The third-order valence-corrected chi connectivity index (χ3v) is 6.62. The number of hydrogen-bond donors (Lipinski definition) is 0. The Balaban J connectivity index is 1.51. The van der Waals surface area contributed by atoms with Gasteiger partial charge in [-0.15, -0.1) is 0 Å². The van der Waals surface area contributed by atoms with Crippen molar-refractivity contribution in [3.63, 3.8) is 0 Å². The molecular formula is C28H31N3O2. The number of carbonyl (C=O) groups excluding carboxylic acids is 2. The van der Waals surface area contributed by atoms with E-state index in [4.69, 9.17) is 0 Å². The summed E-state index contributed by atoms with van der Waals surface area (Å²) in [6.07, 6.45) is 5.24. The molecule has 1 aromatic heterocycles. The van der Waals surface area contributed by atoms with Crippen molar-refractivity contribution >= 4 is 11.8 Å². The number of likely N-dealkylation sites (tertiary alicyclic amines) is 1. The summed E-state index contributed by atoms with van der Waals surface area (Å²) in [6.45, 7) is 3.23. The van der Waals surface area contributed by atoms with E-state index in [1.165, 1.54) is 16.7 Å². The van der Waals surface area contributed by atoms with Gasteiger partial charge in [-0.05, 0) is 55.0 Å². The van der Waals surface area contributed by atoms with E-state index in [1.54, 1.807) is 29.4 Å². The minimum absolute atomic E-state index is 0.0171. The molecule has 0 spiro atoms.